The lowest BCUT2D eigenvalue weighted by Crippen LogP contribution is -2.34. The van der Waals surface area contributed by atoms with E-state index in [1.54, 1.807) is 0 Å². The molecule has 2 aliphatic rings. The zero-order valence-corrected chi connectivity index (χ0v) is 11.4. The third-order valence-electron chi connectivity index (χ3n) is 4.80. The fourth-order valence-corrected chi connectivity index (χ4v) is 3.59. The van der Waals surface area contributed by atoms with Crippen molar-refractivity contribution < 1.29 is 9.47 Å². The van der Waals surface area contributed by atoms with Crippen molar-refractivity contribution in [2.24, 2.45) is 5.92 Å². The molecule has 0 bridgehead atoms. The summed E-state index contributed by atoms with van der Waals surface area (Å²) in [5, 5.41) is 0. The first kappa shape index (κ1) is 11.9. The van der Waals surface area contributed by atoms with Crippen molar-refractivity contribution in [3.8, 4) is 11.5 Å². The number of fused-ring (bicyclic) bond motifs is 1. The Morgan fingerprint density at radius 1 is 1.00 bits per heavy atom. The molecular formula is C16H22O2. The Hall–Kier alpha value is -1.18. The SMILES string of the molecule is CC(C)C1(c2ccc3c(c2)OCO3)CCCCC1. The van der Waals surface area contributed by atoms with Crippen LogP contribution < -0.4 is 9.47 Å². The van der Waals surface area contributed by atoms with Crippen LogP contribution in [0, 0.1) is 5.92 Å². The van der Waals surface area contributed by atoms with Gasteiger partial charge in [-0.05, 0) is 41.9 Å². The molecule has 1 aromatic carbocycles. The Morgan fingerprint density at radius 3 is 2.44 bits per heavy atom. The number of hydrogen-bond donors (Lipinski definition) is 0. The van der Waals surface area contributed by atoms with E-state index in [1.165, 1.54) is 37.7 Å². The highest BCUT2D eigenvalue weighted by molar-refractivity contribution is 5.47. The van der Waals surface area contributed by atoms with Crippen molar-refractivity contribution in [2.45, 2.75) is 51.4 Å². The molecular weight excluding hydrogens is 224 g/mol. The third kappa shape index (κ3) is 1.79. The van der Waals surface area contributed by atoms with Gasteiger partial charge >= 0.3 is 0 Å². The summed E-state index contributed by atoms with van der Waals surface area (Å²) in [6, 6.07) is 6.54. The summed E-state index contributed by atoms with van der Waals surface area (Å²) in [5.41, 5.74) is 1.79. The van der Waals surface area contributed by atoms with Crippen LogP contribution in [-0.2, 0) is 5.41 Å². The van der Waals surface area contributed by atoms with Gasteiger partial charge in [-0.1, -0.05) is 39.2 Å². The van der Waals surface area contributed by atoms with Gasteiger partial charge < -0.3 is 9.47 Å². The first-order chi connectivity index (χ1) is 8.72. The van der Waals surface area contributed by atoms with Crippen LogP contribution in [-0.4, -0.2) is 6.79 Å². The van der Waals surface area contributed by atoms with Gasteiger partial charge in [-0.3, -0.25) is 0 Å². The molecule has 0 aromatic heterocycles. The van der Waals surface area contributed by atoms with E-state index in [0.717, 1.165) is 11.5 Å². The normalized spacial score (nSPS) is 21.3. The molecule has 1 saturated carbocycles. The molecule has 0 radical (unpaired) electrons. The molecule has 3 rings (SSSR count). The summed E-state index contributed by atoms with van der Waals surface area (Å²) in [6.45, 7) is 5.08. The topological polar surface area (TPSA) is 18.5 Å². The lowest BCUT2D eigenvalue weighted by molar-refractivity contribution is 0.173. The van der Waals surface area contributed by atoms with Crippen molar-refractivity contribution in [3.63, 3.8) is 0 Å². The van der Waals surface area contributed by atoms with E-state index in [2.05, 4.69) is 32.0 Å². The van der Waals surface area contributed by atoms with Crippen LogP contribution in [0.15, 0.2) is 18.2 Å². The molecule has 98 valence electrons. The molecule has 1 fully saturated rings. The quantitative estimate of drug-likeness (QED) is 0.775. The Kier molecular flexibility index (Phi) is 2.96. The number of benzene rings is 1. The molecule has 1 aromatic rings. The van der Waals surface area contributed by atoms with E-state index in [-0.39, 0.29) is 0 Å². The highest BCUT2D eigenvalue weighted by atomic mass is 16.7. The van der Waals surface area contributed by atoms with Gasteiger partial charge in [-0.25, -0.2) is 0 Å². The second-order valence-corrected chi connectivity index (χ2v) is 5.94. The maximum Gasteiger partial charge on any atom is 0.231 e. The van der Waals surface area contributed by atoms with Crippen molar-refractivity contribution >= 4 is 0 Å². The molecule has 0 N–H and O–H groups in total. The van der Waals surface area contributed by atoms with Gasteiger partial charge in [0.15, 0.2) is 11.5 Å². The van der Waals surface area contributed by atoms with E-state index in [4.69, 9.17) is 9.47 Å². The molecule has 2 heteroatoms. The van der Waals surface area contributed by atoms with Crippen LogP contribution in [0.3, 0.4) is 0 Å². The van der Waals surface area contributed by atoms with Crippen molar-refractivity contribution in [2.75, 3.05) is 6.79 Å². The van der Waals surface area contributed by atoms with Crippen molar-refractivity contribution in [1.82, 2.24) is 0 Å². The number of hydrogen-bond acceptors (Lipinski definition) is 2. The molecule has 0 saturated heterocycles. The van der Waals surface area contributed by atoms with Crippen LogP contribution in [0.4, 0.5) is 0 Å². The molecule has 0 amide bonds. The lowest BCUT2D eigenvalue weighted by Gasteiger charge is -2.41. The number of ether oxygens (including phenoxy) is 2. The maximum atomic E-state index is 5.53. The first-order valence-electron chi connectivity index (χ1n) is 7.12. The Balaban J connectivity index is 1.99. The minimum atomic E-state index is 0.346. The molecule has 1 aliphatic carbocycles. The van der Waals surface area contributed by atoms with Gasteiger partial charge in [0, 0.05) is 0 Å². The predicted octanol–water partition coefficient (Wildman–Crippen LogP) is 4.27. The molecule has 1 heterocycles. The minimum absolute atomic E-state index is 0.346. The standard InChI is InChI=1S/C16H22O2/c1-12(2)16(8-4-3-5-9-16)13-6-7-14-15(10-13)18-11-17-14/h6-7,10,12H,3-5,8-9,11H2,1-2H3. The summed E-state index contributed by atoms with van der Waals surface area (Å²) >= 11 is 0. The minimum Gasteiger partial charge on any atom is -0.454 e. The average molecular weight is 246 g/mol. The molecule has 2 nitrogen and oxygen atoms in total. The Bertz CT molecular complexity index is 431. The van der Waals surface area contributed by atoms with E-state index in [1.807, 2.05) is 0 Å². The highest BCUT2D eigenvalue weighted by Crippen LogP contribution is 2.47. The second-order valence-electron chi connectivity index (χ2n) is 5.94. The summed E-state index contributed by atoms with van der Waals surface area (Å²) in [6.07, 6.45) is 6.72. The molecule has 18 heavy (non-hydrogen) atoms. The molecule has 0 atom stereocenters. The molecule has 1 aliphatic heterocycles. The average Bonchev–Trinajstić information content (AvgIpc) is 2.86. The molecule has 0 unspecified atom stereocenters. The van der Waals surface area contributed by atoms with Gasteiger partial charge in [-0.15, -0.1) is 0 Å². The smallest absolute Gasteiger partial charge is 0.231 e. The monoisotopic (exact) mass is 246 g/mol. The fourth-order valence-electron chi connectivity index (χ4n) is 3.59. The second kappa shape index (κ2) is 4.49. The van der Waals surface area contributed by atoms with Gasteiger partial charge in [-0.2, -0.15) is 0 Å². The van der Waals surface area contributed by atoms with Crippen LogP contribution in [0.5, 0.6) is 11.5 Å². The van der Waals surface area contributed by atoms with Crippen LogP contribution in [0.1, 0.15) is 51.5 Å². The summed E-state index contributed by atoms with van der Waals surface area (Å²) in [5.74, 6) is 2.50. The molecule has 0 spiro atoms. The summed E-state index contributed by atoms with van der Waals surface area (Å²) < 4.78 is 10.9. The van der Waals surface area contributed by atoms with E-state index in [9.17, 15) is 0 Å². The van der Waals surface area contributed by atoms with Gasteiger partial charge in [0.1, 0.15) is 0 Å². The fraction of sp³-hybridized carbons (Fsp3) is 0.625. The van der Waals surface area contributed by atoms with Crippen molar-refractivity contribution in [1.29, 1.82) is 0 Å². The summed E-state index contributed by atoms with van der Waals surface area (Å²) in [4.78, 5) is 0. The predicted molar refractivity (Wildman–Crippen MR) is 72.2 cm³/mol. The van der Waals surface area contributed by atoms with Gasteiger partial charge in [0.05, 0.1) is 0 Å². The van der Waals surface area contributed by atoms with Crippen molar-refractivity contribution in [3.05, 3.63) is 23.8 Å². The van der Waals surface area contributed by atoms with E-state index >= 15 is 0 Å². The zero-order chi connectivity index (χ0) is 12.6. The van der Waals surface area contributed by atoms with E-state index < -0.39 is 0 Å². The number of rotatable bonds is 2. The maximum absolute atomic E-state index is 5.53. The highest BCUT2D eigenvalue weighted by Gasteiger charge is 2.37. The van der Waals surface area contributed by atoms with Crippen LogP contribution in [0.25, 0.3) is 0 Å². The largest absolute Gasteiger partial charge is 0.454 e. The van der Waals surface area contributed by atoms with E-state index in [0.29, 0.717) is 18.1 Å². The first-order valence-corrected chi connectivity index (χ1v) is 7.12. The van der Waals surface area contributed by atoms with Crippen LogP contribution >= 0.6 is 0 Å². The Labute approximate surface area is 109 Å². The zero-order valence-electron chi connectivity index (χ0n) is 11.4. The van der Waals surface area contributed by atoms with Gasteiger partial charge in [0.25, 0.3) is 0 Å². The van der Waals surface area contributed by atoms with Gasteiger partial charge in [0.2, 0.25) is 6.79 Å². The van der Waals surface area contributed by atoms with Crippen LogP contribution in [0.2, 0.25) is 0 Å². The lowest BCUT2D eigenvalue weighted by atomic mass is 9.63. The third-order valence-corrected chi connectivity index (χ3v) is 4.80. The summed E-state index contributed by atoms with van der Waals surface area (Å²) in [7, 11) is 0. The Morgan fingerprint density at radius 2 is 1.72 bits per heavy atom.